The van der Waals surface area contributed by atoms with E-state index in [1.54, 1.807) is 24.3 Å². The van der Waals surface area contributed by atoms with E-state index >= 15 is 0 Å². The molecule has 3 nitrogen and oxygen atoms in total. The lowest BCUT2D eigenvalue weighted by Gasteiger charge is -2.02. The maximum absolute atomic E-state index is 10.8. The van der Waals surface area contributed by atoms with Crippen LogP contribution >= 0.6 is 0 Å². The number of phenols is 1. The second kappa shape index (κ2) is 3.76. The van der Waals surface area contributed by atoms with Crippen LogP contribution in [-0.2, 0) is 0 Å². The Morgan fingerprint density at radius 2 is 2.23 bits per heavy atom. The van der Waals surface area contributed by atoms with Crippen molar-refractivity contribution in [2.45, 2.75) is 6.92 Å². The Bertz CT molecular complexity index is 356. The standard InChI is InChI=1S/C10H11NO2/c1-2-4-7-5-3-6-8(9(7)12)10(11)13/h2-6,12H,1H3,(H2,11,13)/b4-2+. The van der Waals surface area contributed by atoms with Gasteiger partial charge in [0.1, 0.15) is 5.75 Å². The van der Waals surface area contributed by atoms with Crippen molar-refractivity contribution in [2.24, 2.45) is 5.73 Å². The van der Waals surface area contributed by atoms with Gasteiger partial charge in [-0.15, -0.1) is 0 Å². The second-order valence-electron chi connectivity index (χ2n) is 2.61. The summed E-state index contributed by atoms with van der Waals surface area (Å²) in [5, 5.41) is 9.54. The Labute approximate surface area is 76.5 Å². The summed E-state index contributed by atoms with van der Waals surface area (Å²) in [7, 11) is 0. The van der Waals surface area contributed by atoms with Gasteiger partial charge in [0.05, 0.1) is 5.56 Å². The van der Waals surface area contributed by atoms with Crippen LogP contribution in [0.2, 0.25) is 0 Å². The Hall–Kier alpha value is -1.77. The van der Waals surface area contributed by atoms with Gasteiger partial charge < -0.3 is 10.8 Å². The number of aromatic hydroxyl groups is 1. The van der Waals surface area contributed by atoms with Gasteiger partial charge in [-0.25, -0.2) is 0 Å². The van der Waals surface area contributed by atoms with Crippen LogP contribution in [0.4, 0.5) is 0 Å². The van der Waals surface area contributed by atoms with Gasteiger partial charge in [0.25, 0.3) is 5.91 Å². The van der Waals surface area contributed by atoms with Crippen LogP contribution in [0, 0.1) is 0 Å². The average Bonchev–Trinajstić information content (AvgIpc) is 2.08. The molecule has 0 heterocycles. The third kappa shape index (κ3) is 1.87. The number of amides is 1. The fourth-order valence-electron chi connectivity index (χ4n) is 1.07. The van der Waals surface area contributed by atoms with Crippen molar-refractivity contribution < 1.29 is 9.90 Å². The molecule has 1 aromatic rings. The molecule has 0 bridgehead atoms. The van der Waals surface area contributed by atoms with E-state index in [9.17, 15) is 9.90 Å². The highest BCUT2D eigenvalue weighted by Crippen LogP contribution is 2.22. The lowest BCUT2D eigenvalue weighted by molar-refractivity contribution is 0.0997. The number of nitrogens with two attached hydrogens (primary N) is 1. The van der Waals surface area contributed by atoms with Crippen LogP contribution in [0.3, 0.4) is 0 Å². The molecule has 0 atom stereocenters. The molecule has 0 aromatic heterocycles. The summed E-state index contributed by atoms with van der Waals surface area (Å²) in [6.45, 7) is 1.83. The van der Waals surface area contributed by atoms with Gasteiger partial charge in [0.15, 0.2) is 0 Å². The third-order valence-electron chi connectivity index (χ3n) is 1.68. The molecule has 3 heteroatoms. The average molecular weight is 177 g/mol. The normalized spacial score (nSPS) is 10.5. The van der Waals surface area contributed by atoms with Gasteiger partial charge >= 0.3 is 0 Å². The molecule has 0 spiro atoms. The fraction of sp³-hybridized carbons (Fsp3) is 0.100. The fourth-order valence-corrected chi connectivity index (χ4v) is 1.07. The van der Waals surface area contributed by atoms with Gasteiger partial charge in [-0.05, 0) is 13.0 Å². The number of para-hydroxylation sites is 1. The molecule has 0 aliphatic rings. The number of hydrogen-bond donors (Lipinski definition) is 2. The first kappa shape index (κ1) is 9.32. The minimum atomic E-state index is -0.621. The van der Waals surface area contributed by atoms with E-state index in [4.69, 9.17) is 5.73 Å². The van der Waals surface area contributed by atoms with E-state index in [0.717, 1.165) is 0 Å². The molecule has 0 fully saturated rings. The van der Waals surface area contributed by atoms with E-state index in [0.29, 0.717) is 5.56 Å². The van der Waals surface area contributed by atoms with E-state index in [1.807, 2.05) is 6.92 Å². The maximum Gasteiger partial charge on any atom is 0.252 e. The first-order valence-electron chi connectivity index (χ1n) is 3.91. The maximum atomic E-state index is 10.8. The zero-order valence-electron chi connectivity index (χ0n) is 7.32. The molecular formula is C10H11NO2. The van der Waals surface area contributed by atoms with E-state index in [-0.39, 0.29) is 11.3 Å². The quantitative estimate of drug-likeness (QED) is 0.719. The van der Waals surface area contributed by atoms with Crippen molar-refractivity contribution in [3.8, 4) is 5.75 Å². The van der Waals surface area contributed by atoms with Gasteiger partial charge in [-0.3, -0.25) is 4.79 Å². The summed E-state index contributed by atoms with van der Waals surface area (Å²) in [6.07, 6.45) is 3.49. The zero-order chi connectivity index (χ0) is 9.84. The van der Waals surface area contributed by atoms with E-state index in [2.05, 4.69) is 0 Å². The highest BCUT2D eigenvalue weighted by molar-refractivity contribution is 5.96. The molecule has 0 radical (unpaired) electrons. The minimum Gasteiger partial charge on any atom is -0.506 e. The molecular weight excluding hydrogens is 166 g/mol. The van der Waals surface area contributed by atoms with Crippen LogP contribution in [0.15, 0.2) is 24.3 Å². The highest BCUT2D eigenvalue weighted by atomic mass is 16.3. The summed E-state index contributed by atoms with van der Waals surface area (Å²) in [5.41, 5.74) is 5.80. The summed E-state index contributed by atoms with van der Waals surface area (Å²) >= 11 is 0. The lowest BCUT2D eigenvalue weighted by atomic mass is 10.1. The number of carbonyl (C=O) groups excluding carboxylic acids is 1. The molecule has 0 saturated heterocycles. The summed E-state index contributed by atoms with van der Waals surface area (Å²) < 4.78 is 0. The van der Waals surface area contributed by atoms with Crippen molar-refractivity contribution in [1.29, 1.82) is 0 Å². The number of hydrogen-bond acceptors (Lipinski definition) is 2. The van der Waals surface area contributed by atoms with Crippen LogP contribution in [0.5, 0.6) is 5.75 Å². The van der Waals surface area contributed by atoms with E-state index < -0.39 is 5.91 Å². The Morgan fingerprint density at radius 3 is 2.77 bits per heavy atom. The summed E-state index contributed by atoms with van der Waals surface area (Å²) in [6, 6.07) is 4.88. The lowest BCUT2D eigenvalue weighted by Crippen LogP contribution is -2.11. The van der Waals surface area contributed by atoms with Crippen molar-refractivity contribution in [2.75, 3.05) is 0 Å². The summed E-state index contributed by atoms with van der Waals surface area (Å²) in [5.74, 6) is -0.683. The van der Waals surface area contributed by atoms with Crippen LogP contribution < -0.4 is 5.73 Å². The highest BCUT2D eigenvalue weighted by Gasteiger charge is 2.08. The molecule has 1 rings (SSSR count). The van der Waals surface area contributed by atoms with Crippen molar-refractivity contribution in [3.63, 3.8) is 0 Å². The molecule has 13 heavy (non-hydrogen) atoms. The van der Waals surface area contributed by atoms with E-state index in [1.165, 1.54) is 6.07 Å². The largest absolute Gasteiger partial charge is 0.506 e. The number of rotatable bonds is 2. The molecule has 0 saturated carbocycles. The van der Waals surface area contributed by atoms with Crippen LogP contribution in [-0.4, -0.2) is 11.0 Å². The smallest absolute Gasteiger partial charge is 0.252 e. The molecule has 3 N–H and O–H groups in total. The third-order valence-corrected chi connectivity index (χ3v) is 1.68. The minimum absolute atomic E-state index is 0.0619. The van der Waals surface area contributed by atoms with Crippen LogP contribution in [0.25, 0.3) is 6.08 Å². The van der Waals surface area contributed by atoms with Gasteiger partial charge in [0, 0.05) is 5.56 Å². The Balaban J connectivity index is 3.26. The predicted octanol–water partition coefficient (Wildman–Crippen LogP) is 1.52. The predicted molar refractivity (Wildman–Crippen MR) is 51.3 cm³/mol. The topological polar surface area (TPSA) is 63.3 Å². The molecule has 1 aromatic carbocycles. The zero-order valence-corrected chi connectivity index (χ0v) is 7.32. The number of allylic oxidation sites excluding steroid dienone is 1. The number of carbonyl (C=O) groups is 1. The van der Waals surface area contributed by atoms with Gasteiger partial charge in [-0.1, -0.05) is 24.3 Å². The van der Waals surface area contributed by atoms with Gasteiger partial charge in [-0.2, -0.15) is 0 Å². The Kier molecular flexibility index (Phi) is 2.69. The molecule has 1 amide bonds. The van der Waals surface area contributed by atoms with Crippen molar-refractivity contribution >= 4 is 12.0 Å². The number of benzene rings is 1. The monoisotopic (exact) mass is 177 g/mol. The first-order valence-corrected chi connectivity index (χ1v) is 3.91. The molecule has 0 aliphatic heterocycles. The second-order valence-corrected chi connectivity index (χ2v) is 2.61. The van der Waals surface area contributed by atoms with Crippen molar-refractivity contribution in [1.82, 2.24) is 0 Å². The van der Waals surface area contributed by atoms with Crippen LogP contribution in [0.1, 0.15) is 22.8 Å². The Morgan fingerprint density at radius 1 is 1.54 bits per heavy atom. The molecule has 68 valence electrons. The summed E-state index contributed by atoms with van der Waals surface area (Å²) in [4.78, 5) is 10.8. The number of primary amides is 1. The SMILES string of the molecule is C/C=C/c1cccc(C(N)=O)c1O. The first-order chi connectivity index (χ1) is 6.16. The molecule has 0 unspecified atom stereocenters. The van der Waals surface area contributed by atoms with Crippen molar-refractivity contribution in [3.05, 3.63) is 35.4 Å². The molecule has 0 aliphatic carbocycles. The van der Waals surface area contributed by atoms with Gasteiger partial charge in [0.2, 0.25) is 0 Å².